The van der Waals surface area contributed by atoms with E-state index in [2.05, 4.69) is 19.9 Å². The number of nitrogens with two attached hydrogens (primary N) is 1. The van der Waals surface area contributed by atoms with Crippen molar-refractivity contribution in [2.45, 2.75) is 25.5 Å². The molecule has 2 aromatic rings. The van der Waals surface area contributed by atoms with Gasteiger partial charge in [0.2, 0.25) is 5.89 Å². The third kappa shape index (κ3) is 2.20. The Morgan fingerprint density at radius 1 is 1.35 bits per heavy atom. The molecule has 0 aromatic carbocycles. The zero-order chi connectivity index (χ0) is 16.0. The highest BCUT2D eigenvalue weighted by molar-refractivity contribution is 5.90. The predicted octanol–water partition coefficient (Wildman–Crippen LogP) is 1.61. The van der Waals surface area contributed by atoms with Gasteiger partial charge in [0.1, 0.15) is 17.8 Å². The van der Waals surface area contributed by atoms with Crippen LogP contribution in [0.5, 0.6) is 0 Å². The topological polar surface area (TPSA) is 101 Å². The molecule has 3 heterocycles. The summed E-state index contributed by atoms with van der Waals surface area (Å²) in [7, 11) is 0. The lowest BCUT2D eigenvalue weighted by Crippen LogP contribution is -2.38. The minimum Gasteiger partial charge on any atom is -0.443 e. The van der Waals surface area contributed by atoms with Crippen LogP contribution in [0, 0.1) is 0 Å². The molecule has 0 bridgehead atoms. The first-order valence-corrected chi connectivity index (χ1v) is 7.48. The molecule has 2 aliphatic rings. The highest BCUT2D eigenvalue weighted by Gasteiger charge is 2.37. The van der Waals surface area contributed by atoms with Gasteiger partial charge in [-0.25, -0.2) is 9.98 Å². The normalized spacial score (nSPS) is 23.9. The van der Waals surface area contributed by atoms with Crippen molar-refractivity contribution in [2.24, 2.45) is 10.7 Å². The van der Waals surface area contributed by atoms with E-state index >= 15 is 0 Å². The molecule has 2 atom stereocenters. The largest absolute Gasteiger partial charge is 0.443 e. The number of fused-ring (bicyclic) bond motifs is 1. The van der Waals surface area contributed by atoms with E-state index in [1.54, 1.807) is 12.4 Å². The van der Waals surface area contributed by atoms with Crippen molar-refractivity contribution < 1.29 is 9.52 Å². The summed E-state index contributed by atoms with van der Waals surface area (Å²) in [5.74, 6) is 0.928. The summed E-state index contributed by atoms with van der Waals surface area (Å²) in [6.45, 7) is 2.45. The minimum absolute atomic E-state index is 0.0415. The van der Waals surface area contributed by atoms with Gasteiger partial charge in [-0.2, -0.15) is 0 Å². The van der Waals surface area contributed by atoms with Crippen LogP contribution >= 0.6 is 0 Å². The van der Waals surface area contributed by atoms with Crippen molar-refractivity contribution in [3.05, 3.63) is 53.6 Å². The zero-order valence-electron chi connectivity index (χ0n) is 12.7. The fourth-order valence-electron chi connectivity index (χ4n) is 3.29. The van der Waals surface area contributed by atoms with E-state index in [1.807, 2.05) is 19.1 Å². The first-order valence-electron chi connectivity index (χ1n) is 7.48. The summed E-state index contributed by atoms with van der Waals surface area (Å²) in [5.41, 5.74) is 9.33. The van der Waals surface area contributed by atoms with E-state index in [0.29, 0.717) is 30.4 Å². The Balaban J connectivity index is 1.77. The van der Waals surface area contributed by atoms with Gasteiger partial charge in [0.25, 0.3) is 0 Å². The van der Waals surface area contributed by atoms with E-state index in [1.165, 1.54) is 6.26 Å². The Bertz CT molecular complexity index is 797. The molecule has 23 heavy (non-hydrogen) atoms. The van der Waals surface area contributed by atoms with Gasteiger partial charge in [-0.1, -0.05) is 6.07 Å². The maximum atomic E-state index is 10.3. The fraction of sp³-hybridized carbons (Fsp3) is 0.312. The standard InChI is InChI=1S/C16H17N5O2/c1-9-14(16-19-5-6-23-16)20-13(17)8-21(9)11-7-12(22)10-3-2-4-18-15(10)11/h2-6,11-12,22H,7-8H2,1H3,(H2,17,20). The molecule has 118 valence electrons. The summed E-state index contributed by atoms with van der Waals surface area (Å²) in [6.07, 6.45) is 4.91. The molecule has 7 nitrogen and oxygen atoms in total. The Morgan fingerprint density at radius 2 is 2.22 bits per heavy atom. The SMILES string of the molecule is CC1=C(c2ncco2)N=C(N)CN1C1CC(O)c2cccnc21. The van der Waals surface area contributed by atoms with Crippen LogP contribution < -0.4 is 5.73 Å². The lowest BCUT2D eigenvalue weighted by atomic mass is 10.1. The van der Waals surface area contributed by atoms with Crippen molar-refractivity contribution in [2.75, 3.05) is 6.54 Å². The molecule has 1 aliphatic heterocycles. The van der Waals surface area contributed by atoms with Gasteiger partial charge in [0.15, 0.2) is 0 Å². The molecule has 0 saturated carbocycles. The van der Waals surface area contributed by atoms with Gasteiger partial charge in [-0.05, 0) is 13.0 Å². The van der Waals surface area contributed by atoms with E-state index in [9.17, 15) is 5.11 Å². The quantitative estimate of drug-likeness (QED) is 0.874. The molecule has 1 aliphatic carbocycles. The summed E-state index contributed by atoms with van der Waals surface area (Å²) in [4.78, 5) is 15.1. The second-order valence-corrected chi connectivity index (χ2v) is 5.75. The molecule has 0 radical (unpaired) electrons. The highest BCUT2D eigenvalue weighted by Crippen LogP contribution is 2.43. The average molecular weight is 311 g/mol. The fourth-order valence-corrected chi connectivity index (χ4v) is 3.29. The number of pyridine rings is 1. The number of aromatic nitrogens is 2. The van der Waals surface area contributed by atoms with Crippen LogP contribution in [0.15, 0.2) is 45.9 Å². The molecule has 2 aromatic heterocycles. The molecule has 4 rings (SSSR count). The first kappa shape index (κ1) is 14.0. The Kier molecular flexibility index (Phi) is 3.16. The molecule has 3 N–H and O–H groups in total. The van der Waals surface area contributed by atoms with Crippen molar-refractivity contribution in [3.8, 4) is 0 Å². The van der Waals surface area contributed by atoms with E-state index in [-0.39, 0.29) is 6.04 Å². The molecule has 0 amide bonds. The van der Waals surface area contributed by atoms with Crippen molar-refractivity contribution >= 4 is 11.5 Å². The number of nitrogens with zero attached hydrogens (tertiary/aromatic N) is 4. The molecule has 2 unspecified atom stereocenters. The minimum atomic E-state index is -0.512. The molecule has 0 fully saturated rings. The number of rotatable bonds is 2. The van der Waals surface area contributed by atoms with Gasteiger partial charge in [0, 0.05) is 23.9 Å². The van der Waals surface area contributed by atoms with Crippen molar-refractivity contribution in [1.29, 1.82) is 0 Å². The van der Waals surface area contributed by atoms with Crippen molar-refractivity contribution in [1.82, 2.24) is 14.9 Å². The van der Waals surface area contributed by atoms with Crippen LogP contribution in [0.1, 0.15) is 42.6 Å². The summed E-state index contributed by atoms with van der Waals surface area (Å²) < 4.78 is 5.37. The van der Waals surface area contributed by atoms with Crippen LogP contribution in [-0.4, -0.2) is 32.4 Å². The molecule has 0 spiro atoms. The first-order chi connectivity index (χ1) is 11.1. The number of allylic oxidation sites excluding steroid dienone is 1. The number of amidine groups is 1. The van der Waals surface area contributed by atoms with Crippen molar-refractivity contribution in [3.63, 3.8) is 0 Å². The summed E-state index contributed by atoms with van der Waals surface area (Å²) in [6, 6.07) is 3.72. The number of hydrogen-bond acceptors (Lipinski definition) is 7. The Morgan fingerprint density at radius 3 is 3.00 bits per heavy atom. The Labute approximate surface area is 133 Å². The summed E-state index contributed by atoms with van der Waals surface area (Å²) in [5, 5.41) is 10.3. The van der Waals surface area contributed by atoms with Gasteiger partial charge >= 0.3 is 0 Å². The van der Waals surface area contributed by atoms with Gasteiger partial charge < -0.3 is 20.2 Å². The number of aliphatic hydroxyl groups excluding tert-OH is 1. The molecular formula is C16H17N5O2. The average Bonchev–Trinajstić information content (AvgIpc) is 3.18. The third-order valence-electron chi connectivity index (χ3n) is 4.36. The third-order valence-corrected chi connectivity index (χ3v) is 4.36. The number of oxazole rings is 1. The monoisotopic (exact) mass is 311 g/mol. The van der Waals surface area contributed by atoms with Crippen LogP contribution in [0.4, 0.5) is 0 Å². The van der Waals surface area contributed by atoms with Crippen LogP contribution in [0.3, 0.4) is 0 Å². The smallest absolute Gasteiger partial charge is 0.246 e. The van der Waals surface area contributed by atoms with Gasteiger partial charge in [-0.15, -0.1) is 0 Å². The van der Waals surface area contributed by atoms with E-state index in [0.717, 1.165) is 17.0 Å². The van der Waals surface area contributed by atoms with E-state index in [4.69, 9.17) is 10.2 Å². The van der Waals surface area contributed by atoms with E-state index < -0.39 is 6.10 Å². The summed E-state index contributed by atoms with van der Waals surface area (Å²) >= 11 is 0. The molecular weight excluding hydrogens is 294 g/mol. The maximum absolute atomic E-state index is 10.3. The second-order valence-electron chi connectivity index (χ2n) is 5.75. The lowest BCUT2D eigenvalue weighted by Gasteiger charge is -2.34. The van der Waals surface area contributed by atoms with Crippen LogP contribution in [-0.2, 0) is 0 Å². The highest BCUT2D eigenvalue weighted by atomic mass is 16.3. The van der Waals surface area contributed by atoms with Crippen LogP contribution in [0.2, 0.25) is 0 Å². The lowest BCUT2D eigenvalue weighted by molar-refractivity contribution is 0.146. The second kappa shape index (κ2) is 5.20. The zero-order valence-corrected chi connectivity index (χ0v) is 12.7. The molecule has 7 heteroatoms. The van der Waals surface area contributed by atoms with Gasteiger partial charge in [-0.3, -0.25) is 4.98 Å². The number of hydrogen-bond donors (Lipinski definition) is 2. The molecule has 0 saturated heterocycles. The Hall–Kier alpha value is -2.67. The number of aliphatic imine (C=N–C) groups is 1. The van der Waals surface area contributed by atoms with Crippen LogP contribution in [0.25, 0.3) is 5.70 Å². The van der Waals surface area contributed by atoms with Gasteiger partial charge in [0.05, 0.1) is 30.6 Å². The predicted molar refractivity (Wildman–Crippen MR) is 84.0 cm³/mol. The maximum Gasteiger partial charge on any atom is 0.246 e. The number of aliphatic hydroxyl groups is 1.